The van der Waals surface area contributed by atoms with E-state index in [1.165, 1.54) is 17.0 Å². The van der Waals surface area contributed by atoms with Crippen molar-refractivity contribution in [2.24, 2.45) is 0 Å². The van der Waals surface area contributed by atoms with Gasteiger partial charge in [-0.05, 0) is 61.7 Å². The SMILES string of the molecule is CCNC(=O)C(CC)N(Cc1ccccc1Cl)C(=O)CN(c1cccc(C)c1)S(=O)(=O)c1ccccc1. The van der Waals surface area contributed by atoms with E-state index in [4.69, 9.17) is 11.6 Å². The first-order valence-corrected chi connectivity index (χ1v) is 14.0. The lowest BCUT2D eigenvalue weighted by molar-refractivity contribution is -0.140. The average molecular weight is 542 g/mol. The van der Waals surface area contributed by atoms with Crippen LogP contribution >= 0.6 is 11.6 Å². The third-order valence-electron chi connectivity index (χ3n) is 5.94. The number of rotatable bonds is 11. The number of nitrogens with zero attached hydrogens (tertiary/aromatic N) is 2. The molecule has 0 aliphatic carbocycles. The van der Waals surface area contributed by atoms with Gasteiger partial charge in [-0.1, -0.05) is 67.1 Å². The molecule has 3 aromatic rings. The number of benzene rings is 3. The van der Waals surface area contributed by atoms with Crippen LogP contribution in [0.2, 0.25) is 5.02 Å². The van der Waals surface area contributed by atoms with Gasteiger partial charge in [-0.2, -0.15) is 0 Å². The van der Waals surface area contributed by atoms with E-state index in [2.05, 4.69) is 5.32 Å². The Morgan fingerprint density at radius 3 is 2.24 bits per heavy atom. The quantitative estimate of drug-likeness (QED) is 0.378. The van der Waals surface area contributed by atoms with E-state index in [1.807, 2.05) is 19.9 Å². The maximum atomic E-state index is 13.9. The smallest absolute Gasteiger partial charge is 0.264 e. The zero-order valence-corrected chi connectivity index (χ0v) is 22.8. The van der Waals surface area contributed by atoms with Crippen molar-refractivity contribution in [2.75, 3.05) is 17.4 Å². The van der Waals surface area contributed by atoms with Crippen molar-refractivity contribution in [1.82, 2.24) is 10.2 Å². The molecule has 0 radical (unpaired) electrons. The molecule has 7 nitrogen and oxygen atoms in total. The minimum atomic E-state index is -4.08. The summed E-state index contributed by atoms with van der Waals surface area (Å²) in [6.45, 7) is 5.44. The highest BCUT2D eigenvalue weighted by Gasteiger charge is 2.33. The van der Waals surface area contributed by atoms with Crippen molar-refractivity contribution in [3.05, 3.63) is 95.0 Å². The van der Waals surface area contributed by atoms with Gasteiger partial charge in [0.1, 0.15) is 12.6 Å². The second-order valence-corrected chi connectivity index (χ2v) is 10.9. The van der Waals surface area contributed by atoms with E-state index in [0.717, 1.165) is 9.87 Å². The Morgan fingerprint density at radius 2 is 1.62 bits per heavy atom. The zero-order valence-electron chi connectivity index (χ0n) is 21.2. The Morgan fingerprint density at radius 1 is 0.946 bits per heavy atom. The molecule has 3 aromatic carbocycles. The fourth-order valence-electron chi connectivity index (χ4n) is 4.05. The molecule has 0 bridgehead atoms. The Hall–Kier alpha value is -3.36. The Labute approximate surface area is 224 Å². The molecule has 3 rings (SSSR count). The Bertz CT molecular complexity index is 1330. The molecule has 0 aromatic heterocycles. The lowest BCUT2D eigenvalue weighted by Gasteiger charge is -2.33. The monoisotopic (exact) mass is 541 g/mol. The van der Waals surface area contributed by atoms with E-state index in [9.17, 15) is 18.0 Å². The number of halogens is 1. The molecule has 1 atom stereocenters. The van der Waals surface area contributed by atoms with Crippen LogP contribution in [0.3, 0.4) is 0 Å². The lowest BCUT2D eigenvalue weighted by Crippen LogP contribution is -2.52. The number of carbonyl (C=O) groups excluding carboxylic acids is 2. The highest BCUT2D eigenvalue weighted by atomic mass is 35.5. The highest BCUT2D eigenvalue weighted by molar-refractivity contribution is 7.92. The van der Waals surface area contributed by atoms with Crippen molar-refractivity contribution in [2.45, 2.75) is 44.7 Å². The van der Waals surface area contributed by atoms with Crippen molar-refractivity contribution in [3.63, 3.8) is 0 Å². The molecular formula is C28H32ClN3O4S. The average Bonchev–Trinajstić information content (AvgIpc) is 2.88. The van der Waals surface area contributed by atoms with Crippen LogP contribution in [0.4, 0.5) is 5.69 Å². The van der Waals surface area contributed by atoms with E-state index in [1.54, 1.807) is 67.6 Å². The minimum absolute atomic E-state index is 0.0567. The molecule has 9 heteroatoms. The van der Waals surface area contributed by atoms with Crippen molar-refractivity contribution >= 4 is 39.1 Å². The minimum Gasteiger partial charge on any atom is -0.355 e. The van der Waals surface area contributed by atoms with Gasteiger partial charge in [0.05, 0.1) is 10.6 Å². The molecule has 0 aliphatic rings. The molecule has 0 fully saturated rings. The highest BCUT2D eigenvalue weighted by Crippen LogP contribution is 2.26. The van der Waals surface area contributed by atoms with E-state index >= 15 is 0 Å². The van der Waals surface area contributed by atoms with Gasteiger partial charge in [0.2, 0.25) is 11.8 Å². The van der Waals surface area contributed by atoms with E-state index < -0.39 is 28.5 Å². The number of carbonyl (C=O) groups is 2. The second kappa shape index (κ2) is 12.7. The molecule has 0 spiro atoms. The summed E-state index contributed by atoms with van der Waals surface area (Å²) < 4.78 is 28.6. The van der Waals surface area contributed by atoms with Gasteiger partial charge in [-0.15, -0.1) is 0 Å². The maximum Gasteiger partial charge on any atom is 0.264 e. The summed E-state index contributed by atoms with van der Waals surface area (Å²) >= 11 is 6.39. The molecule has 0 saturated carbocycles. The zero-order chi connectivity index (χ0) is 27.0. The van der Waals surface area contributed by atoms with Crippen LogP contribution in [0, 0.1) is 6.92 Å². The van der Waals surface area contributed by atoms with Gasteiger partial charge in [0.15, 0.2) is 0 Å². The first-order valence-electron chi connectivity index (χ1n) is 12.1. The van der Waals surface area contributed by atoms with Crippen LogP contribution in [0.5, 0.6) is 0 Å². The van der Waals surface area contributed by atoms with Crippen LogP contribution in [0.25, 0.3) is 0 Å². The summed E-state index contributed by atoms with van der Waals surface area (Å²) in [6, 6.07) is 21.2. The third-order valence-corrected chi connectivity index (χ3v) is 8.09. The largest absolute Gasteiger partial charge is 0.355 e. The Balaban J connectivity index is 2.06. The number of amides is 2. The number of hydrogen-bond acceptors (Lipinski definition) is 4. The summed E-state index contributed by atoms with van der Waals surface area (Å²) in [5, 5.41) is 3.24. The number of sulfonamides is 1. The first kappa shape index (κ1) is 28.2. The van der Waals surface area contributed by atoms with Gasteiger partial charge in [0, 0.05) is 18.1 Å². The van der Waals surface area contributed by atoms with Gasteiger partial charge in [0.25, 0.3) is 10.0 Å². The van der Waals surface area contributed by atoms with Crippen molar-refractivity contribution in [3.8, 4) is 0 Å². The first-order chi connectivity index (χ1) is 17.7. The lowest BCUT2D eigenvalue weighted by atomic mass is 10.1. The number of anilines is 1. The molecule has 37 heavy (non-hydrogen) atoms. The van der Waals surface area contributed by atoms with Crippen LogP contribution in [0.1, 0.15) is 31.4 Å². The fraction of sp³-hybridized carbons (Fsp3) is 0.286. The van der Waals surface area contributed by atoms with Gasteiger partial charge in [-0.25, -0.2) is 8.42 Å². The molecular weight excluding hydrogens is 510 g/mol. The molecule has 1 N–H and O–H groups in total. The van der Waals surface area contributed by atoms with Gasteiger partial charge < -0.3 is 10.2 Å². The normalized spacial score (nSPS) is 12.0. The molecule has 1 unspecified atom stereocenters. The second-order valence-electron chi connectivity index (χ2n) is 8.60. The molecule has 0 aliphatic heterocycles. The standard InChI is InChI=1S/C28H32ClN3O4S/c1-4-26(28(34)30-5-2)31(19-22-13-9-10-17-25(22)29)27(33)20-32(23-14-11-12-21(3)18-23)37(35,36)24-15-7-6-8-16-24/h6-18,26H,4-5,19-20H2,1-3H3,(H,30,34). The van der Waals surface area contributed by atoms with Gasteiger partial charge in [-0.3, -0.25) is 13.9 Å². The predicted octanol–water partition coefficient (Wildman–Crippen LogP) is 4.79. The maximum absolute atomic E-state index is 13.9. The predicted molar refractivity (Wildman–Crippen MR) is 147 cm³/mol. The van der Waals surface area contributed by atoms with Crippen molar-refractivity contribution in [1.29, 1.82) is 0 Å². The number of hydrogen-bond donors (Lipinski definition) is 1. The number of nitrogens with one attached hydrogen (secondary N) is 1. The van der Waals surface area contributed by atoms with Gasteiger partial charge >= 0.3 is 0 Å². The summed E-state index contributed by atoms with van der Waals surface area (Å²) in [5.74, 6) is -0.822. The van der Waals surface area contributed by atoms with Crippen LogP contribution < -0.4 is 9.62 Å². The summed E-state index contributed by atoms with van der Waals surface area (Å²) in [4.78, 5) is 28.3. The van der Waals surface area contributed by atoms with E-state index in [0.29, 0.717) is 29.2 Å². The molecule has 0 saturated heterocycles. The van der Waals surface area contributed by atoms with Crippen LogP contribution in [-0.2, 0) is 26.2 Å². The summed E-state index contributed by atoms with van der Waals surface area (Å²) in [6.07, 6.45) is 0.345. The molecule has 0 heterocycles. The van der Waals surface area contributed by atoms with Crippen molar-refractivity contribution < 1.29 is 18.0 Å². The van der Waals surface area contributed by atoms with Crippen LogP contribution in [0.15, 0.2) is 83.8 Å². The molecule has 196 valence electrons. The number of aryl methyl sites for hydroxylation is 1. The summed E-state index contributed by atoms with van der Waals surface area (Å²) in [7, 11) is -4.08. The Kier molecular flexibility index (Phi) is 9.72. The third kappa shape index (κ3) is 6.90. The summed E-state index contributed by atoms with van der Waals surface area (Å²) in [5.41, 5.74) is 1.87. The van der Waals surface area contributed by atoms with Crippen LogP contribution in [-0.4, -0.2) is 44.3 Å². The molecule has 2 amide bonds. The fourth-order valence-corrected chi connectivity index (χ4v) is 5.68. The topological polar surface area (TPSA) is 86.8 Å². The number of likely N-dealkylation sites (N-methyl/N-ethyl adjacent to an activating group) is 1. The van der Waals surface area contributed by atoms with E-state index in [-0.39, 0.29) is 17.3 Å².